The fourth-order valence-electron chi connectivity index (χ4n) is 4.36. The Balaban J connectivity index is 1.71. The summed E-state index contributed by atoms with van der Waals surface area (Å²) < 4.78 is 18.6. The Morgan fingerprint density at radius 2 is 2.00 bits per heavy atom. The predicted octanol–water partition coefficient (Wildman–Crippen LogP) is 3.83. The van der Waals surface area contributed by atoms with Crippen LogP contribution in [0.15, 0.2) is 42.5 Å². The van der Waals surface area contributed by atoms with Crippen LogP contribution in [0.2, 0.25) is 5.02 Å². The van der Waals surface area contributed by atoms with Crippen LogP contribution in [0.4, 0.5) is 10.1 Å². The van der Waals surface area contributed by atoms with Gasteiger partial charge in [0, 0.05) is 24.6 Å². The summed E-state index contributed by atoms with van der Waals surface area (Å²) >= 11 is 6.53. The molecule has 156 valence electrons. The lowest BCUT2D eigenvalue weighted by molar-refractivity contribution is -0.145. The summed E-state index contributed by atoms with van der Waals surface area (Å²) in [5.74, 6) is -0.501. The quantitative estimate of drug-likeness (QED) is 0.620. The number of esters is 1. The van der Waals surface area contributed by atoms with Gasteiger partial charge in [-0.25, -0.2) is 9.49 Å². The molecule has 1 heterocycles. The van der Waals surface area contributed by atoms with E-state index in [4.69, 9.17) is 16.3 Å². The van der Waals surface area contributed by atoms with Crippen LogP contribution in [0.3, 0.4) is 0 Å². The zero-order chi connectivity index (χ0) is 21.3. The summed E-state index contributed by atoms with van der Waals surface area (Å²) in [6.07, 6.45) is 1.44. The molecule has 3 aromatic rings. The molecule has 1 saturated carbocycles. The minimum Gasteiger partial charge on any atom is -0.469 e. The Labute approximate surface area is 178 Å². The lowest BCUT2D eigenvalue weighted by atomic mass is 9.86. The van der Waals surface area contributed by atoms with E-state index in [2.05, 4.69) is 25.5 Å². The van der Waals surface area contributed by atoms with Gasteiger partial charge in [0.15, 0.2) is 5.82 Å². The Morgan fingerprint density at radius 1 is 1.23 bits per heavy atom. The monoisotopic (exact) mass is 429 g/mol. The molecule has 0 aliphatic heterocycles. The smallest absolute Gasteiger partial charge is 0.309 e. The van der Waals surface area contributed by atoms with Gasteiger partial charge < -0.3 is 9.64 Å². The second kappa shape index (κ2) is 8.39. The Kier molecular flexibility index (Phi) is 5.67. The third-order valence-corrected chi connectivity index (χ3v) is 6.14. The fraction of sp³-hybridized carbons (Fsp3) is 0.333. The number of halogens is 2. The number of benzene rings is 2. The lowest BCUT2D eigenvalue weighted by Gasteiger charge is -2.34. The van der Waals surface area contributed by atoms with Crippen LogP contribution >= 0.6 is 11.6 Å². The van der Waals surface area contributed by atoms with Crippen molar-refractivity contribution in [3.63, 3.8) is 0 Å². The first kappa shape index (κ1) is 20.3. The number of nitrogens with one attached hydrogen (secondary N) is 1. The van der Waals surface area contributed by atoms with E-state index in [1.54, 1.807) is 18.2 Å². The van der Waals surface area contributed by atoms with Gasteiger partial charge in [-0.15, -0.1) is 5.10 Å². The van der Waals surface area contributed by atoms with Gasteiger partial charge in [0.25, 0.3) is 0 Å². The molecular weight excluding hydrogens is 409 g/mol. The predicted molar refractivity (Wildman–Crippen MR) is 111 cm³/mol. The first-order chi connectivity index (χ1) is 14.5. The Bertz CT molecular complexity index is 1030. The van der Waals surface area contributed by atoms with Crippen LogP contribution in [0, 0.1) is 11.7 Å². The van der Waals surface area contributed by atoms with Crippen molar-refractivity contribution >= 4 is 23.3 Å². The number of carbonyl (C=O) groups excluding carboxylic acids is 1. The van der Waals surface area contributed by atoms with Crippen molar-refractivity contribution in [3.05, 3.63) is 58.9 Å². The van der Waals surface area contributed by atoms with Gasteiger partial charge in [-0.1, -0.05) is 23.7 Å². The maximum absolute atomic E-state index is 13.5. The third kappa shape index (κ3) is 3.75. The van der Waals surface area contributed by atoms with Gasteiger partial charge in [-0.2, -0.15) is 0 Å². The van der Waals surface area contributed by atoms with E-state index >= 15 is 0 Å². The number of aromatic nitrogens is 4. The SMILES string of the molecule is COC(=O)[C@H]1CC[C@H](N(C)c2cc(-c3nnn[nH]3)ccc2Cl)[C@@H]1c1ccc(F)cc1. The zero-order valence-electron chi connectivity index (χ0n) is 16.5. The molecule has 9 heteroatoms. The molecular formula is C21H21ClFN5O2. The van der Waals surface area contributed by atoms with Crippen molar-refractivity contribution in [1.82, 2.24) is 20.6 Å². The molecule has 0 spiro atoms. The number of methoxy groups -OCH3 is 1. The van der Waals surface area contributed by atoms with Crippen LogP contribution in [-0.4, -0.2) is 46.8 Å². The standard InChI is InChI=1S/C21H21ClFN5O2/c1-28(18-11-13(5-9-16(18)22)20-24-26-27-25-20)17-10-8-15(21(29)30-2)19(17)12-3-6-14(23)7-4-12/h3-7,9,11,15,17,19H,8,10H2,1-2H3,(H,24,25,26,27)/t15-,17-,19+/m0/s1. The van der Waals surface area contributed by atoms with Crippen molar-refractivity contribution in [2.75, 3.05) is 19.1 Å². The van der Waals surface area contributed by atoms with Crippen molar-refractivity contribution in [3.8, 4) is 11.4 Å². The van der Waals surface area contributed by atoms with E-state index in [-0.39, 0.29) is 29.7 Å². The van der Waals surface area contributed by atoms with Crippen LogP contribution < -0.4 is 4.90 Å². The molecule has 7 nitrogen and oxygen atoms in total. The van der Waals surface area contributed by atoms with Gasteiger partial charge in [0.1, 0.15) is 5.82 Å². The molecule has 0 bridgehead atoms. The second-order valence-corrected chi connectivity index (χ2v) is 7.79. The fourth-order valence-corrected chi connectivity index (χ4v) is 4.61. The molecule has 0 unspecified atom stereocenters. The molecule has 0 radical (unpaired) electrons. The van der Waals surface area contributed by atoms with E-state index in [9.17, 15) is 9.18 Å². The highest BCUT2D eigenvalue weighted by molar-refractivity contribution is 6.33. The normalized spacial score (nSPS) is 20.9. The molecule has 1 N–H and O–H groups in total. The minimum absolute atomic E-state index is 0.0276. The molecule has 1 aliphatic carbocycles. The van der Waals surface area contributed by atoms with Crippen LogP contribution in [0.1, 0.15) is 24.3 Å². The molecule has 2 aromatic carbocycles. The van der Waals surface area contributed by atoms with E-state index in [1.807, 2.05) is 19.2 Å². The molecule has 30 heavy (non-hydrogen) atoms. The Morgan fingerprint density at radius 3 is 2.67 bits per heavy atom. The van der Waals surface area contributed by atoms with Crippen molar-refractivity contribution in [2.24, 2.45) is 5.92 Å². The first-order valence-electron chi connectivity index (χ1n) is 9.59. The van der Waals surface area contributed by atoms with Gasteiger partial charge >= 0.3 is 5.97 Å². The summed E-state index contributed by atoms with van der Waals surface area (Å²) in [7, 11) is 3.34. The second-order valence-electron chi connectivity index (χ2n) is 7.38. The number of nitrogens with zero attached hydrogens (tertiary/aromatic N) is 4. The van der Waals surface area contributed by atoms with Crippen molar-refractivity contribution in [2.45, 2.75) is 24.8 Å². The molecule has 0 amide bonds. The topological polar surface area (TPSA) is 84.0 Å². The molecule has 4 rings (SSSR count). The summed E-state index contributed by atoms with van der Waals surface area (Å²) in [6, 6.07) is 11.8. The van der Waals surface area contributed by atoms with E-state index in [0.717, 1.165) is 23.2 Å². The number of H-pyrrole nitrogens is 1. The van der Waals surface area contributed by atoms with E-state index in [0.29, 0.717) is 17.3 Å². The highest BCUT2D eigenvalue weighted by Gasteiger charge is 2.44. The van der Waals surface area contributed by atoms with Crippen molar-refractivity contribution in [1.29, 1.82) is 0 Å². The largest absolute Gasteiger partial charge is 0.469 e. The van der Waals surface area contributed by atoms with Gasteiger partial charge in [-0.05, 0) is 59.2 Å². The first-order valence-corrected chi connectivity index (χ1v) is 9.97. The van der Waals surface area contributed by atoms with E-state index < -0.39 is 0 Å². The lowest BCUT2D eigenvalue weighted by Crippen LogP contribution is -2.36. The summed E-state index contributed by atoms with van der Waals surface area (Å²) in [5.41, 5.74) is 2.49. The van der Waals surface area contributed by atoms with Gasteiger partial charge in [-0.3, -0.25) is 4.79 Å². The number of likely N-dealkylation sites (N-methyl/N-ethyl adjacent to an activating group) is 1. The van der Waals surface area contributed by atoms with Crippen molar-refractivity contribution < 1.29 is 13.9 Å². The number of tetrazole rings is 1. The number of hydrogen-bond acceptors (Lipinski definition) is 6. The number of anilines is 1. The molecule has 1 aliphatic rings. The summed E-state index contributed by atoms with van der Waals surface area (Å²) in [5, 5.41) is 14.5. The zero-order valence-corrected chi connectivity index (χ0v) is 17.3. The number of hydrogen-bond donors (Lipinski definition) is 1. The van der Waals surface area contributed by atoms with Crippen LogP contribution in [0.5, 0.6) is 0 Å². The molecule has 1 aromatic heterocycles. The highest BCUT2D eigenvalue weighted by atomic mass is 35.5. The van der Waals surface area contributed by atoms with Gasteiger partial charge in [0.05, 0.1) is 23.7 Å². The number of rotatable bonds is 5. The maximum Gasteiger partial charge on any atom is 0.309 e. The van der Waals surface area contributed by atoms with E-state index in [1.165, 1.54) is 19.2 Å². The van der Waals surface area contributed by atoms with Gasteiger partial charge in [0.2, 0.25) is 0 Å². The molecule has 0 saturated heterocycles. The molecule has 1 fully saturated rings. The average Bonchev–Trinajstić information content (AvgIpc) is 3.44. The Hall–Kier alpha value is -3.00. The number of aromatic amines is 1. The summed E-state index contributed by atoms with van der Waals surface area (Å²) in [4.78, 5) is 14.6. The number of ether oxygens (including phenoxy) is 1. The summed E-state index contributed by atoms with van der Waals surface area (Å²) in [6.45, 7) is 0. The highest BCUT2D eigenvalue weighted by Crippen LogP contribution is 2.45. The minimum atomic E-state index is -0.312. The van der Waals surface area contributed by atoms with Crippen LogP contribution in [0.25, 0.3) is 11.4 Å². The molecule has 3 atom stereocenters. The van der Waals surface area contributed by atoms with Crippen LogP contribution in [-0.2, 0) is 9.53 Å². The maximum atomic E-state index is 13.5. The number of carbonyl (C=O) groups is 1. The average molecular weight is 430 g/mol. The third-order valence-electron chi connectivity index (χ3n) is 5.82.